The number of benzene rings is 1. The third-order valence-corrected chi connectivity index (χ3v) is 4.80. The van der Waals surface area contributed by atoms with Gasteiger partial charge in [-0.2, -0.15) is 0 Å². The van der Waals surface area contributed by atoms with Gasteiger partial charge in [0.25, 0.3) is 0 Å². The second-order valence-corrected chi connectivity index (χ2v) is 6.38. The first-order valence-electron chi connectivity index (χ1n) is 6.08. The fourth-order valence-electron chi connectivity index (χ4n) is 2.26. The second-order valence-electron chi connectivity index (χ2n) is 4.53. The molecule has 0 bridgehead atoms. The largest absolute Gasteiger partial charge is 0.399 e. The van der Waals surface area contributed by atoms with Gasteiger partial charge in [0.2, 0.25) is 10.0 Å². The van der Waals surface area contributed by atoms with E-state index in [2.05, 4.69) is 4.72 Å². The molecule has 1 unspecified atom stereocenters. The molecule has 0 saturated carbocycles. The number of hydrogen-bond donors (Lipinski definition) is 2. The Morgan fingerprint density at radius 2 is 2.21 bits per heavy atom. The van der Waals surface area contributed by atoms with E-state index in [1.807, 2.05) is 4.90 Å². The van der Waals surface area contributed by atoms with Crippen LogP contribution in [0.3, 0.4) is 0 Å². The Morgan fingerprint density at radius 3 is 2.79 bits per heavy atom. The van der Waals surface area contributed by atoms with Gasteiger partial charge in [-0.25, -0.2) is 13.1 Å². The van der Waals surface area contributed by atoms with Crippen molar-refractivity contribution < 1.29 is 13.2 Å². The molecule has 7 heteroatoms. The number of anilines is 2. The zero-order valence-electron chi connectivity index (χ0n) is 11.1. The number of nitrogen functional groups attached to an aromatic ring is 1. The first-order chi connectivity index (χ1) is 8.97. The van der Waals surface area contributed by atoms with E-state index in [9.17, 15) is 8.42 Å². The van der Waals surface area contributed by atoms with Crippen LogP contribution in [0.15, 0.2) is 23.1 Å². The summed E-state index contributed by atoms with van der Waals surface area (Å²) in [6.45, 7) is 1.46. The van der Waals surface area contributed by atoms with Crippen molar-refractivity contribution in [2.24, 2.45) is 0 Å². The lowest BCUT2D eigenvalue weighted by Gasteiger charge is -2.22. The lowest BCUT2D eigenvalue weighted by atomic mass is 10.2. The Hall–Kier alpha value is -1.31. The van der Waals surface area contributed by atoms with Gasteiger partial charge < -0.3 is 15.4 Å². The maximum Gasteiger partial charge on any atom is 0.242 e. The highest BCUT2D eigenvalue weighted by atomic mass is 32.2. The molecule has 6 nitrogen and oxygen atoms in total. The summed E-state index contributed by atoms with van der Waals surface area (Å²) in [7, 11) is -0.463. The number of nitrogens with one attached hydrogen (secondary N) is 1. The van der Waals surface area contributed by atoms with Crippen LogP contribution in [0.25, 0.3) is 0 Å². The van der Waals surface area contributed by atoms with Gasteiger partial charge in [-0.3, -0.25) is 0 Å². The van der Waals surface area contributed by atoms with Crippen LogP contribution in [-0.2, 0) is 14.8 Å². The van der Waals surface area contributed by atoms with E-state index in [-0.39, 0.29) is 11.0 Å². The van der Waals surface area contributed by atoms with Gasteiger partial charge in [0.15, 0.2) is 0 Å². The smallest absolute Gasteiger partial charge is 0.242 e. The minimum absolute atomic E-state index is 0.141. The third-order valence-electron chi connectivity index (χ3n) is 3.36. The summed E-state index contributed by atoms with van der Waals surface area (Å²) < 4.78 is 31.8. The Kier molecular flexibility index (Phi) is 3.98. The van der Waals surface area contributed by atoms with Crippen LogP contribution in [0.1, 0.15) is 6.42 Å². The zero-order valence-corrected chi connectivity index (χ0v) is 11.9. The molecule has 19 heavy (non-hydrogen) atoms. The first-order valence-corrected chi connectivity index (χ1v) is 7.57. The van der Waals surface area contributed by atoms with Gasteiger partial charge in [0.1, 0.15) is 4.90 Å². The lowest BCUT2D eigenvalue weighted by molar-refractivity contribution is 0.121. The molecule has 1 atom stereocenters. The van der Waals surface area contributed by atoms with Gasteiger partial charge in [0, 0.05) is 25.9 Å². The summed E-state index contributed by atoms with van der Waals surface area (Å²) in [5, 5.41) is 0. The van der Waals surface area contributed by atoms with Crippen LogP contribution in [0, 0.1) is 0 Å². The SMILES string of the molecule is CNS(=O)(=O)c1cc(N)ccc1N1CCC(OC)C1. The molecule has 0 aromatic heterocycles. The molecule has 1 saturated heterocycles. The summed E-state index contributed by atoms with van der Waals surface area (Å²) in [6, 6.07) is 4.95. The van der Waals surface area contributed by atoms with E-state index in [1.54, 1.807) is 19.2 Å². The molecule has 0 amide bonds. The standard InChI is InChI=1S/C12H19N3O3S/c1-14-19(16,17)12-7-9(13)3-4-11(12)15-6-5-10(8-15)18-2/h3-4,7,10,14H,5-6,8,13H2,1-2H3. The van der Waals surface area contributed by atoms with E-state index >= 15 is 0 Å². The molecular weight excluding hydrogens is 266 g/mol. The number of nitrogens with zero attached hydrogens (tertiary/aromatic N) is 1. The molecule has 106 valence electrons. The van der Waals surface area contributed by atoms with E-state index in [1.165, 1.54) is 13.1 Å². The van der Waals surface area contributed by atoms with Crippen molar-refractivity contribution in [3.8, 4) is 0 Å². The highest BCUT2D eigenvalue weighted by Crippen LogP contribution is 2.30. The molecule has 0 radical (unpaired) electrons. The molecule has 1 fully saturated rings. The van der Waals surface area contributed by atoms with Crippen LogP contribution < -0.4 is 15.4 Å². The molecule has 0 spiro atoms. The van der Waals surface area contributed by atoms with Crippen molar-refractivity contribution in [3.05, 3.63) is 18.2 Å². The minimum Gasteiger partial charge on any atom is -0.399 e. The van der Waals surface area contributed by atoms with Crippen molar-refractivity contribution in [1.82, 2.24) is 4.72 Å². The molecule has 3 N–H and O–H groups in total. The maximum atomic E-state index is 12.1. The number of ether oxygens (including phenoxy) is 1. The molecule has 1 heterocycles. The topological polar surface area (TPSA) is 84.7 Å². The van der Waals surface area contributed by atoms with E-state index in [0.29, 0.717) is 17.9 Å². The minimum atomic E-state index is -3.53. The van der Waals surface area contributed by atoms with Crippen LogP contribution in [0.5, 0.6) is 0 Å². The van der Waals surface area contributed by atoms with Crippen LogP contribution in [-0.4, -0.2) is 41.8 Å². The van der Waals surface area contributed by atoms with E-state index in [0.717, 1.165) is 13.0 Å². The number of hydrogen-bond acceptors (Lipinski definition) is 5. The average Bonchev–Trinajstić information content (AvgIpc) is 2.87. The van der Waals surface area contributed by atoms with Crippen molar-refractivity contribution in [2.45, 2.75) is 17.4 Å². The molecule has 1 aliphatic heterocycles. The summed E-state index contributed by atoms with van der Waals surface area (Å²) >= 11 is 0. The summed E-state index contributed by atoms with van der Waals surface area (Å²) in [5.41, 5.74) is 6.80. The Labute approximate surface area is 113 Å². The lowest BCUT2D eigenvalue weighted by Crippen LogP contribution is -2.27. The Bertz CT molecular complexity index is 559. The molecule has 0 aliphatic carbocycles. The number of methoxy groups -OCH3 is 1. The Balaban J connectivity index is 2.41. The molecule has 1 aliphatic rings. The van der Waals surface area contributed by atoms with Gasteiger partial charge >= 0.3 is 0 Å². The number of rotatable bonds is 4. The third kappa shape index (κ3) is 2.83. The van der Waals surface area contributed by atoms with Crippen molar-refractivity contribution >= 4 is 21.4 Å². The van der Waals surface area contributed by atoms with Crippen molar-refractivity contribution in [2.75, 3.05) is 37.9 Å². The second kappa shape index (κ2) is 5.36. The van der Waals surface area contributed by atoms with Crippen molar-refractivity contribution in [1.29, 1.82) is 0 Å². The highest BCUT2D eigenvalue weighted by molar-refractivity contribution is 7.89. The summed E-state index contributed by atoms with van der Waals surface area (Å²) in [5.74, 6) is 0. The fraction of sp³-hybridized carbons (Fsp3) is 0.500. The predicted octanol–water partition coefficient (Wildman–Crippen LogP) is 0.402. The van der Waals surface area contributed by atoms with Gasteiger partial charge in [-0.1, -0.05) is 0 Å². The van der Waals surface area contributed by atoms with Crippen LogP contribution >= 0.6 is 0 Å². The van der Waals surface area contributed by atoms with Crippen LogP contribution in [0.2, 0.25) is 0 Å². The highest BCUT2D eigenvalue weighted by Gasteiger charge is 2.27. The Morgan fingerprint density at radius 1 is 1.47 bits per heavy atom. The molecule has 1 aromatic carbocycles. The zero-order chi connectivity index (χ0) is 14.0. The molecular formula is C12H19N3O3S. The number of sulfonamides is 1. The van der Waals surface area contributed by atoms with E-state index < -0.39 is 10.0 Å². The van der Waals surface area contributed by atoms with Crippen LogP contribution in [0.4, 0.5) is 11.4 Å². The summed E-state index contributed by atoms with van der Waals surface area (Å²) in [4.78, 5) is 2.23. The number of nitrogens with two attached hydrogens (primary N) is 1. The normalized spacial score (nSPS) is 19.9. The van der Waals surface area contributed by atoms with Gasteiger partial charge in [-0.15, -0.1) is 0 Å². The van der Waals surface area contributed by atoms with Gasteiger partial charge in [-0.05, 0) is 31.7 Å². The molecule has 1 aromatic rings. The van der Waals surface area contributed by atoms with Crippen molar-refractivity contribution in [3.63, 3.8) is 0 Å². The maximum absolute atomic E-state index is 12.1. The van der Waals surface area contributed by atoms with E-state index in [4.69, 9.17) is 10.5 Å². The average molecular weight is 285 g/mol. The monoisotopic (exact) mass is 285 g/mol. The molecule has 2 rings (SSSR count). The van der Waals surface area contributed by atoms with Gasteiger partial charge in [0.05, 0.1) is 11.8 Å². The summed E-state index contributed by atoms with van der Waals surface area (Å²) in [6.07, 6.45) is 1.03. The quantitative estimate of drug-likeness (QED) is 0.782. The first kappa shape index (κ1) is 14.1. The predicted molar refractivity (Wildman–Crippen MR) is 74.7 cm³/mol. The fourth-order valence-corrected chi connectivity index (χ4v) is 3.24.